The summed E-state index contributed by atoms with van der Waals surface area (Å²) in [6, 6.07) is 6.36. The second-order valence-electron chi connectivity index (χ2n) is 3.78. The molecule has 0 aromatic heterocycles. The van der Waals surface area contributed by atoms with Crippen molar-refractivity contribution in [3.05, 3.63) is 24.3 Å². The number of hydrogen-bond donors (Lipinski definition) is 1. The van der Waals surface area contributed by atoms with Gasteiger partial charge in [0.2, 0.25) is 10.0 Å². The van der Waals surface area contributed by atoms with Crippen LogP contribution in [-0.2, 0) is 10.0 Å². The highest BCUT2D eigenvalue weighted by Gasteiger charge is 2.12. The Morgan fingerprint density at radius 1 is 1.18 bits per heavy atom. The number of ether oxygens (including phenoxy) is 1. The minimum Gasteiger partial charge on any atom is -0.497 e. The molecule has 0 fully saturated rings. The molecule has 0 radical (unpaired) electrons. The van der Waals surface area contributed by atoms with Gasteiger partial charge in [0.1, 0.15) is 5.75 Å². The van der Waals surface area contributed by atoms with Gasteiger partial charge in [-0.25, -0.2) is 13.1 Å². The Hall–Kier alpha value is -1.07. The van der Waals surface area contributed by atoms with Crippen LogP contribution in [0.2, 0.25) is 0 Å². The maximum Gasteiger partial charge on any atom is 0.240 e. The van der Waals surface area contributed by atoms with Gasteiger partial charge in [0.05, 0.1) is 12.0 Å². The van der Waals surface area contributed by atoms with E-state index in [4.69, 9.17) is 4.74 Å². The standard InChI is InChI=1S/C12H19NO3S/c1-3-4-5-10-13-17(14,15)12-8-6-11(16-2)7-9-12/h6-9,13H,3-5,10H2,1-2H3. The van der Waals surface area contributed by atoms with Crippen LogP contribution in [0.15, 0.2) is 29.2 Å². The van der Waals surface area contributed by atoms with Crippen molar-refractivity contribution in [1.29, 1.82) is 0 Å². The topological polar surface area (TPSA) is 55.4 Å². The van der Waals surface area contributed by atoms with Gasteiger partial charge < -0.3 is 4.74 Å². The first kappa shape index (κ1) is 14.0. The molecular weight excluding hydrogens is 238 g/mol. The number of rotatable bonds is 7. The summed E-state index contributed by atoms with van der Waals surface area (Å²) in [5.41, 5.74) is 0. The normalized spacial score (nSPS) is 11.4. The quantitative estimate of drug-likeness (QED) is 0.762. The number of benzene rings is 1. The Bertz CT molecular complexity index is 426. The smallest absolute Gasteiger partial charge is 0.240 e. The van der Waals surface area contributed by atoms with Gasteiger partial charge in [-0.05, 0) is 30.7 Å². The summed E-state index contributed by atoms with van der Waals surface area (Å²) in [6.07, 6.45) is 2.97. The van der Waals surface area contributed by atoms with Gasteiger partial charge in [-0.2, -0.15) is 0 Å². The molecule has 1 aromatic rings. The molecule has 1 aromatic carbocycles. The summed E-state index contributed by atoms with van der Waals surface area (Å²) >= 11 is 0. The van der Waals surface area contributed by atoms with E-state index in [2.05, 4.69) is 11.6 Å². The van der Waals surface area contributed by atoms with Crippen molar-refractivity contribution in [2.24, 2.45) is 0 Å². The maximum atomic E-state index is 11.8. The summed E-state index contributed by atoms with van der Waals surface area (Å²) in [5, 5.41) is 0. The van der Waals surface area contributed by atoms with Crippen LogP contribution in [0, 0.1) is 0 Å². The minimum absolute atomic E-state index is 0.273. The number of sulfonamides is 1. The third-order valence-electron chi connectivity index (χ3n) is 2.44. The molecule has 0 spiro atoms. The number of methoxy groups -OCH3 is 1. The van der Waals surface area contributed by atoms with Crippen molar-refractivity contribution in [2.45, 2.75) is 31.1 Å². The van der Waals surface area contributed by atoms with Crippen molar-refractivity contribution < 1.29 is 13.2 Å². The molecule has 1 rings (SSSR count). The van der Waals surface area contributed by atoms with Crippen molar-refractivity contribution in [3.63, 3.8) is 0 Å². The third-order valence-corrected chi connectivity index (χ3v) is 3.92. The monoisotopic (exact) mass is 257 g/mol. The van der Waals surface area contributed by atoms with E-state index in [0.29, 0.717) is 12.3 Å². The van der Waals surface area contributed by atoms with E-state index in [1.54, 1.807) is 31.4 Å². The van der Waals surface area contributed by atoms with Crippen molar-refractivity contribution in [3.8, 4) is 5.75 Å². The lowest BCUT2D eigenvalue weighted by atomic mass is 10.3. The predicted molar refractivity (Wildman–Crippen MR) is 67.7 cm³/mol. The zero-order valence-corrected chi connectivity index (χ0v) is 11.1. The zero-order chi connectivity index (χ0) is 12.7. The lowest BCUT2D eigenvalue weighted by Gasteiger charge is -2.07. The summed E-state index contributed by atoms with van der Waals surface area (Å²) in [7, 11) is -1.82. The Morgan fingerprint density at radius 3 is 2.35 bits per heavy atom. The molecule has 0 bridgehead atoms. The molecule has 0 unspecified atom stereocenters. The van der Waals surface area contributed by atoms with E-state index in [1.807, 2.05) is 0 Å². The third kappa shape index (κ3) is 4.36. The van der Waals surface area contributed by atoms with Gasteiger partial charge in [-0.3, -0.25) is 0 Å². The van der Waals surface area contributed by atoms with Crippen LogP contribution in [0.5, 0.6) is 5.75 Å². The molecule has 17 heavy (non-hydrogen) atoms. The molecule has 0 aliphatic heterocycles. The molecule has 0 aliphatic rings. The molecule has 4 nitrogen and oxygen atoms in total. The first-order valence-corrected chi connectivity index (χ1v) is 7.22. The Kier molecular flexibility index (Phi) is 5.44. The molecule has 0 amide bonds. The average molecular weight is 257 g/mol. The lowest BCUT2D eigenvalue weighted by Crippen LogP contribution is -2.24. The van der Waals surface area contributed by atoms with Gasteiger partial charge >= 0.3 is 0 Å². The van der Waals surface area contributed by atoms with Crippen molar-refractivity contribution in [1.82, 2.24) is 4.72 Å². The minimum atomic E-state index is -3.37. The van der Waals surface area contributed by atoms with Crippen LogP contribution in [-0.4, -0.2) is 22.1 Å². The number of nitrogens with one attached hydrogen (secondary N) is 1. The first-order chi connectivity index (χ1) is 8.10. The number of unbranched alkanes of at least 4 members (excludes halogenated alkanes) is 2. The van der Waals surface area contributed by atoms with E-state index in [9.17, 15) is 8.42 Å². The van der Waals surface area contributed by atoms with E-state index in [1.165, 1.54) is 0 Å². The van der Waals surface area contributed by atoms with E-state index >= 15 is 0 Å². The lowest BCUT2D eigenvalue weighted by molar-refractivity contribution is 0.414. The largest absolute Gasteiger partial charge is 0.497 e. The Labute approximate surface area is 103 Å². The first-order valence-electron chi connectivity index (χ1n) is 5.74. The molecule has 0 saturated carbocycles. The van der Waals surface area contributed by atoms with Crippen LogP contribution < -0.4 is 9.46 Å². The predicted octanol–water partition coefficient (Wildman–Crippen LogP) is 2.16. The highest BCUT2D eigenvalue weighted by Crippen LogP contribution is 2.15. The SMILES string of the molecule is CCCCCNS(=O)(=O)c1ccc(OC)cc1. The van der Waals surface area contributed by atoms with E-state index in [0.717, 1.165) is 19.3 Å². The highest BCUT2D eigenvalue weighted by molar-refractivity contribution is 7.89. The summed E-state index contributed by atoms with van der Waals surface area (Å²) in [6.45, 7) is 2.57. The molecule has 96 valence electrons. The summed E-state index contributed by atoms with van der Waals surface area (Å²) in [4.78, 5) is 0.273. The van der Waals surface area contributed by atoms with Gasteiger partial charge in [-0.15, -0.1) is 0 Å². The van der Waals surface area contributed by atoms with Crippen LogP contribution in [0.25, 0.3) is 0 Å². The second-order valence-corrected chi connectivity index (χ2v) is 5.55. The Balaban J connectivity index is 2.62. The zero-order valence-electron chi connectivity index (χ0n) is 10.3. The van der Waals surface area contributed by atoms with E-state index < -0.39 is 10.0 Å². The van der Waals surface area contributed by atoms with Gasteiger partial charge in [0.15, 0.2) is 0 Å². The van der Waals surface area contributed by atoms with Crippen molar-refractivity contribution >= 4 is 10.0 Å². The molecular formula is C12H19NO3S. The molecule has 0 atom stereocenters. The fraction of sp³-hybridized carbons (Fsp3) is 0.500. The molecule has 0 heterocycles. The van der Waals surface area contributed by atoms with Gasteiger partial charge in [-0.1, -0.05) is 19.8 Å². The fourth-order valence-corrected chi connectivity index (χ4v) is 2.49. The highest BCUT2D eigenvalue weighted by atomic mass is 32.2. The summed E-state index contributed by atoms with van der Waals surface area (Å²) < 4.78 is 31.2. The summed E-state index contributed by atoms with van der Waals surface area (Å²) in [5.74, 6) is 0.648. The van der Waals surface area contributed by atoms with Crippen LogP contribution in [0.4, 0.5) is 0 Å². The van der Waals surface area contributed by atoms with Crippen LogP contribution in [0.1, 0.15) is 26.2 Å². The van der Waals surface area contributed by atoms with E-state index in [-0.39, 0.29) is 4.90 Å². The van der Waals surface area contributed by atoms with Gasteiger partial charge in [0, 0.05) is 6.54 Å². The Morgan fingerprint density at radius 2 is 1.82 bits per heavy atom. The van der Waals surface area contributed by atoms with Gasteiger partial charge in [0.25, 0.3) is 0 Å². The maximum absolute atomic E-state index is 11.8. The fourth-order valence-electron chi connectivity index (χ4n) is 1.42. The molecule has 5 heteroatoms. The second kappa shape index (κ2) is 6.61. The molecule has 0 aliphatic carbocycles. The van der Waals surface area contributed by atoms with Crippen LogP contribution in [0.3, 0.4) is 0 Å². The number of hydrogen-bond acceptors (Lipinski definition) is 3. The molecule has 1 N–H and O–H groups in total. The van der Waals surface area contributed by atoms with Crippen molar-refractivity contribution in [2.75, 3.05) is 13.7 Å². The van der Waals surface area contributed by atoms with Crippen LogP contribution >= 0.6 is 0 Å². The molecule has 0 saturated heterocycles. The average Bonchev–Trinajstić information content (AvgIpc) is 2.35.